The third kappa shape index (κ3) is 3.78. The van der Waals surface area contributed by atoms with E-state index in [-0.39, 0.29) is 12.4 Å². The molecule has 1 atom stereocenters. The third-order valence-corrected chi connectivity index (χ3v) is 2.81. The summed E-state index contributed by atoms with van der Waals surface area (Å²) >= 11 is 0. The van der Waals surface area contributed by atoms with Crippen LogP contribution in [-0.2, 0) is 11.3 Å². The highest BCUT2D eigenvalue weighted by Crippen LogP contribution is 2.11. The Morgan fingerprint density at radius 3 is 2.94 bits per heavy atom. The maximum Gasteiger partial charge on any atom is 0.0674 e. The van der Waals surface area contributed by atoms with Crippen LogP contribution < -0.4 is 0 Å². The molecule has 0 amide bonds. The van der Waals surface area contributed by atoms with Crippen LogP contribution in [-0.4, -0.2) is 30.7 Å². The van der Waals surface area contributed by atoms with Gasteiger partial charge in [-0.15, -0.1) is 12.4 Å². The Morgan fingerprint density at radius 1 is 1.44 bits per heavy atom. The van der Waals surface area contributed by atoms with E-state index in [1.54, 1.807) is 0 Å². The first-order valence-corrected chi connectivity index (χ1v) is 5.63. The molecule has 1 aromatic carbocycles. The highest BCUT2D eigenvalue weighted by atomic mass is 35.5. The molecule has 1 unspecified atom stereocenters. The summed E-state index contributed by atoms with van der Waals surface area (Å²) in [7, 11) is 0. The van der Waals surface area contributed by atoms with Gasteiger partial charge in [-0.2, -0.15) is 0 Å². The molecule has 1 fully saturated rings. The Bertz CT molecular complexity index is 329. The van der Waals surface area contributed by atoms with E-state index < -0.39 is 0 Å². The van der Waals surface area contributed by atoms with Crippen molar-refractivity contribution in [2.24, 2.45) is 0 Å². The van der Waals surface area contributed by atoms with Crippen molar-refractivity contribution >= 4 is 12.4 Å². The van der Waals surface area contributed by atoms with Crippen molar-refractivity contribution < 1.29 is 4.74 Å². The standard InChI is InChI=1S/C13H19NO.ClH/c1-11-4-3-5-13(8-11)10-14-6-7-15-12(2)9-14;/h3-5,8,12H,6-7,9-10H2,1-2H3;1H. The van der Waals surface area contributed by atoms with Crippen molar-refractivity contribution in [1.82, 2.24) is 4.90 Å². The number of hydrogen-bond donors (Lipinski definition) is 0. The number of benzene rings is 1. The van der Waals surface area contributed by atoms with Gasteiger partial charge in [-0.3, -0.25) is 4.90 Å². The second-order valence-corrected chi connectivity index (χ2v) is 4.41. The highest BCUT2D eigenvalue weighted by molar-refractivity contribution is 5.85. The maximum atomic E-state index is 5.53. The van der Waals surface area contributed by atoms with Crippen LogP contribution in [0.2, 0.25) is 0 Å². The Kier molecular flexibility index (Phi) is 5.26. The molecule has 1 aliphatic heterocycles. The summed E-state index contributed by atoms with van der Waals surface area (Å²) in [6, 6.07) is 8.74. The van der Waals surface area contributed by atoms with Crippen molar-refractivity contribution in [2.75, 3.05) is 19.7 Å². The minimum absolute atomic E-state index is 0. The van der Waals surface area contributed by atoms with Crippen LogP contribution in [0.3, 0.4) is 0 Å². The van der Waals surface area contributed by atoms with E-state index in [1.165, 1.54) is 11.1 Å². The Labute approximate surface area is 104 Å². The first-order chi connectivity index (χ1) is 7.24. The van der Waals surface area contributed by atoms with Gasteiger partial charge in [0.15, 0.2) is 0 Å². The number of morpholine rings is 1. The van der Waals surface area contributed by atoms with Crippen LogP contribution in [0.15, 0.2) is 24.3 Å². The zero-order valence-corrected chi connectivity index (χ0v) is 10.8. The molecule has 0 radical (unpaired) electrons. The van der Waals surface area contributed by atoms with Gasteiger partial charge in [0.2, 0.25) is 0 Å². The first-order valence-electron chi connectivity index (χ1n) is 5.63. The van der Waals surface area contributed by atoms with Gasteiger partial charge in [-0.05, 0) is 19.4 Å². The lowest BCUT2D eigenvalue weighted by atomic mass is 10.1. The van der Waals surface area contributed by atoms with E-state index in [2.05, 4.69) is 43.0 Å². The predicted octanol–water partition coefficient (Wildman–Crippen LogP) is 2.64. The lowest BCUT2D eigenvalue weighted by molar-refractivity contribution is -0.0212. The second kappa shape index (κ2) is 6.24. The van der Waals surface area contributed by atoms with Crippen LogP contribution >= 0.6 is 12.4 Å². The molecule has 0 spiro atoms. The van der Waals surface area contributed by atoms with Gasteiger partial charge < -0.3 is 4.74 Å². The molecule has 1 aromatic rings. The molecule has 1 saturated heterocycles. The molecule has 90 valence electrons. The zero-order valence-electron chi connectivity index (χ0n) is 9.98. The van der Waals surface area contributed by atoms with Crippen molar-refractivity contribution in [2.45, 2.75) is 26.5 Å². The summed E-state index contributed by atoms with van der Waals surface area (Å²) < 4.78 is 5.53. The maximum absolute atomic E-state index is 5.53. The van der Waals surface area contributed by atoms with Crippen LogP contribution in [0.1, 0.15) is 18.1 Å². The van der Waals surface area contributed by atoms with E-state index in [0.29, 0.717) is 6.10 Å². The Balaban J connectivity index is 0.00000128. The van der Waals surface area contributed by atoms with Gasteiger partial charge in [-0.25, -0.2) is 0 Å². The molecule has 0 bridgehead atoms. The SMILES string of the molecule is Cc1cccc(CN2CCOC(C)C2)c1.Cl. The number of ether oxygens (including phenoxy) is 1. The minimum Gasteiger partial charge on any atom is -0.376 e. The summed E-state index contributed by atoms with van der Waals surface area (Å²) in [5.41, 5.74) is 2.75. The summed E-state index contributed by atoms with van der Waals surface area (Å²) in [4.78, 5) is 2.46. The molecular formula is C13H20ClNO. The van der Waals surface area contributed by atoms with Crippen LogP contribution in [0, 0.1) is 6.92 Å². The molecule has 0 saturated carbocycles. The summed E-state index contributed by atoms with van der Waals surface area (Å²) in [5, 5.41) is 0. The number of nitrogens with zero attached hydrogens (tertiary/aromatic N) is 1. The Hall–Kier alpha value is -0.570. The molecule has 2 nitrogen and oxygen atoms in total. The highest BCUT2D eigenvalue weighted by Gasteiger charge is 2.16. The molecule has 0 N–H and O–H groups in total. The summed E-state index contributed by atoms with van der Waals surface area (Å²) in [6.45, 7) is 8.31. The lowest BCUT2D eigenvalue weighted by Crippen LogP contribution is -2.40. The average Bonchev–Trinajstić information content (AvgIpc) is 2.17. The number of hydrogen-bond acceptors (Lipinski definition) is 2. The second-order valence-electron chi connectivity index (χ2n) is 4.41. The number of aryl methyl sites for hydroxylation is 1. The first kappa shape index (κ1) is 13.5. The summed E-state index contributed by atoms with van der Waals surface area (Å²) in [6.07, 6.45) is 0.378. The van der Waals surface area contributed by atoms with Crippen LogP contribution in [0.4, 0.5) is 0 Å². The Morgan fingerprint density at radius 2 is 2.25 bits per heavy atom. The normalized spacial score (nSPS) is 21.5. The number of rotatable bonds is 2. The van der Waals surface area contributed by atoms with Gasteiger partial charge in [0.1, 0.15) is 0 Å². The van der Waals surface area contributed by atoms with Gasteiger partial charge in [0.05, 0.1) is 12.7 Å². The molecule has 2 rings (SSSR count). The van der Waals surface area contributed by atoms with Crippen molar-refractivity contribution in [1.29, 1.82) is 0 Å². The van der Waals surface area contributed by atoms with Gasteiger partial charge in [0, 0.05) is 19.6 Å². The van der Waals surface area contributed by atoms with E-state index >= 15 is 0 Å². The van der Waals surface area contributed by atoms with Crippen LogP contribution in [0.5, 0.6) is 0 Å². The van der Waals surface area contributed by atoms with Crippen molar-refractivity contribution in [3.05, 3.63) is 35.4 Å². The van der Waals surface area contributed by atoms with Gasteiger partial charge >= 0.3 is 0 Å². The van der Waals surface area contributed by atoms with Gasteiger partial charge in [-0.1, -0.05) is 29.8 Å². The van der Waals surface area contributed by atoms with Crippen LogP contribution in [0.25, 0.3) is 0 Å². The monoisotopic (exact) mass is 241 g/mol. The fourth-order valence-electron chi connectivity index (χ4n) is 2.10. The fourth-order valence-corrected chi connectivity index (χ4v) is 2.10. The van der Waals surface area contributed by atoms with E-state index in [4.69, 9.17) is 4.74 Å². The van der Waals surface area contributed by atoms with Crippen molar-refractivity contribution in [3.8, 4) is 0 Å². The summed E-state index contributed by atoms with van der Waals surface area (Å²) in [5.74, 6) is 0. The topological polar surface area (TPSA) is 12.5 Å². The fraction of sp³-hybridized carbons (Fsp3) is 0.538. The third-order valence-electron chi connectivity index (χ3n) is 2.81. The quantitative estimate of drug-likeness (QED) is 0.790. The lowest BCUT2D eigenvalue weighted by Gasteiger charge is -2.31. The molecular weight excluding hydrogens is 222 g/mol. The molecule has 0 aromatic heterocycles. The minimum atomic E-state index is 0. The smallest absolute Gasteiger partial charge is 0.0674 e. The molecule has 1 aliphatic rings. The molecule has 16 heavy (non-hydrogen) atoms. The molecule has 1 heterocycles. The van der Waals surface area contributed by atoms with E-state index in [1.807, 2.05) is 0 Å². The average molecular weight is 242 g/mol. The van der Waals surface area contributed by atoms with E-state index in [9.17, 15) is 0 Å². The predicted molar refractivity (Wildman–Crippen MR) is 69.1 cm³/mol. The zero-order chi connectivity index (χ0) is 10.7. The molecule has 3 heteroatoms. The van der Waals surface area contributed by atoms with Crippen molar-refractivity contribution in [3.63, 3.8) is 0 Å². The number of halogens is 1. The largest absolute Gasteiger partial charge is 0.376 e. The van der Waals surface area contributed by atoms with Gasteiger partial charge in [0.25, 0.3) is 0 Å². The molecule has 0 aliphatic carbocycles. The van der Waals surface area contributed by atoms with E-state index in [0.717, 1.165) is 26.2 Å².